The molecule has 0 aromatic heterocycles. The van der Waals surface area contributed by atoms with Crippen LogP contribution in [-0.2, 0) is 6.42 Å². The summed E-state index contributed by atoms with van der Waals surface area (Å²) in [6, 6.07) is 5.58. The van der Waals surface area contributed by atoms with Crippen molar-refractivity contribution in [2.45, 2.75) is 96.4 Å². The molecule has 1 aromatic rings. The second-order valence-corrected chi connectivity index (χ2v) is 14.4. The first kappa shape index (κ1) is 22.2. The van der Waals surface area contributed by atoms with E-state index in [-0.39, 0.29) is 5.60 Å². The highest BCUT2D eigenvalue weighted by Gasteiger charge is 2.47. The van der Waals surface area contributed by atoms with Crippen molar-refractivity contribution in [2.24, 2.45) is 5.92 Å². The van der Waals surface area contributed by atoms with Crippen molar-refractivity contribution >= 4 is 8.32 Å². The Balaban J connectivity index is 2.06. The molecule has 29 heavy (non-hydrogen) atoms. The Hall–Kier alpha value is -1.48. The van der Waals surface area contributed by atoms with Gasteiger partial charge in [-0.1, -0.05) is 38.0 Å². The van der Waals surface area contributed by atoms with Gasteiger partial charge in [0.05, 0.1) is 0 Å². The topological polar surface area (TPSA) is 18.5 Å². The zero-order chi connectivity index (χ0) is 21.2. The van der Waals surface area contributed by atoms with E-state index < -0.39 is 8.32 Å². The minimum absolute atomic E-state index is 0.147. The largest absolute Gasteiger partial charge is 0.543 e. The monoisotopic (exact) mass is 412 g/mol. The van der Waals surface area contributed by atoms with E-state index in [9.17, 15) is 0 Å². The van der Waals surface area contributed by atoms with Crippen LogP contribution >= 0.6 is 0 Å². The van der Waals surface area contributed by atoms with E-state index in [1.54, 1.807) is 0 Å². The van der Waals surface area contributed by atoms with Crippen LogP contribution in [0.2, 0.25) is 19.1 Å². The van der Waals surface area contributed by atoms with Crippen molar-refractivity contribution in [3.63, 3.8) is 0 Å². The van der Waals surface area contributed by atoms with E-state index in [4.69, 9.17) is 9.16 Å². The predicted molar refractivity (Wildman–Crippen MR) is 127 cm³/mol. The Kier molecular flexibility index (Phi) is 6.67. The molecule has 0 bridgehead atoms. The third-order valence-corrected chi connectivity index (χ3v) is 8.74. The highest BCUT2D eigenvalue weighted by molar-refractivity contribution is 6.72. The second-order valence-electron chi connectivity index (χ2n) is 10.2. The highest BCUT2D eigenvalue weighted by atomic mass is 28.4. The predicted octanol–water partition coefficient (Wildman–Crippen LogP) is 7.80. The summed E-state index contributed by atoms with van der Waals surface area (Å²) in [7, 11) is -1.87. The standard InChI is InChI=1S/C26H40O2Si/c1-8-10-11-12-20-17-23-25(24(18-20)28-29(6,7)15-9-2)21-16-19(3)13-14-22(21)26(4,5)27-23/h9,17-18,21-22H,2-3,8,10-16H2,1,4-7H3/t21-,22-/m1/s1. The van der Waals surface area contributed by atoms with Crippen LogP contribution in [0.1, 0.15) is 76.3 Å². The maximum Gasteiger partial charge on any atom is 0.248 e. The summed E-state index contributed by atoms with van der Waals surface area (Å²) in [5, 5.41) is 0. The SMILES string of the molecule is C=CC[Si](C)(C)Oc1cc(CCCCC)cc2c1[C@@H]1CC(=C)CC[C@H]1C(C)(C)O2. The molecule has 1 fully saturated rings. The van der Waals surface area contributed by atoms with Crippen molar-refractivity contribution in [3.05, 3.63) is 48.1 Å². The first-order chi connectivity index (χ1) is 13.7. The van der Waals surface area contributed by atoms with Crippen LogP contribution in [0.3, 0.4) is 0 Å². The minimum Gasteiger partial charge on any atom is -0.543 e. The van der Waals surface area contributed by atoms with E-state index in [0.717, 1.165) is 43.2 Å². The zero-order valence-corrected chi connectivity index (χ0v) is 20.3. The van der Waals surface area contributed by atoms with Crippen molar-refractivity contribution in [3.8, 4) is 11.5 Å². The van der Waals surface area contributed by atoms with E-state index in [1.807, 2.05) is 6.08 Å². The van der Waals surface area contributed by atoms with Crippen LogP contribution < -0.4 is 9.16 Å². The Bertz CT molecular complexity index is 762. The van der Waals surface area contributed by atoms with Crippen molar-refractivity contribution in [2.75, 3.05) is 0 Å². The van der Waals surface area contributed by atoms with Gasteiger partial charge in [-0.25, -0.2) is 0 Å². The van der Waals surface area contributed by atoms with Crippen LogP contribution in [0.25, 0.3) is 0 Å². The summed E-state index contributed by atoms with van der Waals surface area (Å²) in [6.07, 6.45) is 10.1. The lowest BCUT2D eigenvalue weighted by Crippen LogP contribution is -2.46. The molecule has 2 aliphatic rings. The van der Waals surface area contributed by atoms with Crippen molar-refractivity contribution in [1.82, 2.24) is 0 Å². The Morgan fingerprint density at radius 3 is 2.72 bits per heavy atom. The van der Waals surface area contributed by atoms with Gasteiger partial charge >= 0.3 is 0 Å². The molecule has 0 N–H and O–H groups in total. The molecule has 0 radical (unpaired) electrons. The van der Waals surface area contributed by atoms with Crippen molar-refractivity contribution < 1.29 is 9.16 Å². The number of rotatable bonds is 8. The summed E-state index contributed by atoms with van der Waals surface area (Å²) in [4.78, 5) is 0. The quantitative estimate of drug-likeness (QED) is 0.246. The minimum atomic E-state index is -1.87. The number of aryl methyl sites for hydroxylation is 1. The molecule has 0 amide bonds. The second kappa shape index (κ2) is 8.71. The molecule has 160 valence electrons. The Morgan fingerprint density at radius 1 is 1.28 bits per heavy atom. The van der Waals surface area contributed by atoms with Gasteiger partial charge in [-0.2, -0.15) is 0 Å². The van der Waals surface area contributed by atoms with Crippen LogP contribution in [0.15, 0.2) is 36.9 Å². The molecule has 1 aliphatic heterocycles. The molecular formula is C26H40O2Si. The lowest BCUT2D eigenvalue weighted by atomic mass is 9.65. The molecule has 1 heterocycles. The van der Waals surface area contributed by atoms with Crippen LogP contribution in [0.5, 0.6) is 11.5 Å². The lowest BCUT2D eigenvalue weighted by molar-refractivity contribution is -0.000564. The molecule has 2 atom stereocenters. The van der Waals surface area contributed by atoms with Gasteiger partial charge < -0.3 is 9.16 Å². The Labute approximate surface area is 179 Å². The fourth-order valence-electron chi connectivity index (χ4n) is 5.21. The highest BCUT2D eigenvalue weighted by Crippen LogP contribution is 2.55. The lowest BCUT2D eigenvalue weighted by Gasteiger charge is -2.48. The fraction of sp³-hybridized carbons (Fsp3) is 0.615. The zero-order valence-electron chi connectivity index (χ0n) is 19.3. The van der Waals surface area contributed by atoms with Crippen LogP contribution in [-0.4, -0.2) is 13.9 Å². The van der Waals surface area contributed by atoms with Gasteiger partial charge in [0.2, 0.25) is 8.32 Å². The normalized spacial score (nSPS) is 23.0. The molecule has 2 nitrogen and oxygen atoms in total. The maximum absolute atomic E-state index is 6.80. The van der Waals surface area contributed by atoms with Gasteiger partial charge in [0, 0.05) is 17.4 Å². The Morgan fingerprint density at radius 2 is 2.03 bits per heavy atom. The molecule has 1 saturated carbocycles. The number of ether oxygens (including phenoxy) is 1. The van der Waals surface area contributed by atoms with E-state index >= 15 is 0 Å². The molecular weight excluding hydrogens is 372 g/mol. The van der Waals surface area contributed by atoms with E-state index in [1.165, 1.54) is 36.0 Å². The fourth-order valence-corrected chi connectivity index (χ4v) is 6.75. The molecule has 3 heteroatoms. The molecule has 1 aromatic carbocycles. The van der Waals surface area contributed by atoms with E-state index in [2.05, 4.69) is 59.2 Å². The average Bonchev–Trinajstić information content (AvgIpc) is 2.60. The molecule has 0 spiro atoms. The van der Waals surface area contributed by atoms with Gasteiger partial charge in [-0.05, 0) is 82.8 Å². The number of hydrogen-bond donors (Lipinski definition) is 0. The van der Waals surface area contributed by atoms with Crippen molar-refractivity contribution in [1.29, 1.82) is 0 Å². The average molecular weight is 413 g/mol. The third-order valence-electron chi connectivity index (χ3n) is 6.70. The maximum atomic E-state index is 6.80. The molecule has 0 saturated heterocycles. The smallest absolute Gasteiger partial charge is 0.248 e. The number of unbranched alkanes of at least 4 members (excludes halogenated alkanes) is 2. The van der Waals surface area contributed by atoms with Crippen LogP contribution in [0.4, 0.5) is 0 Å². The number of fused-ring (bicyclic) bond motifs is 3. The molecule has 1 aliphatic carbocycles. The first-order valence-corrected chi connectivity index (χ1v) is 14.6. The summed E-state index contributed by atoms with van der Waals surface area (Å²) in [5.41, 5.74) is 3.88. The summed E-state index contributed by atoms with van der Waals surface area (Å²) in [6.45, 7) is 19.7. The molecule has 0 unspecified atom stereocenters. The van der Waals surface area contributed by atoms with Crippen LogP contribution in [0, 0.1) is 5.92 Å². The number of benzene rings is 1. The summed E-state index contributed by atoms with van der Waals surface area (Å²) in [5.74, 6) is 3.09. The molecule has 3 rings (SSSR count). The van der Waals surface area contributed by atoms with Gasteiger partial charge in [0.15, 0.2) is 0 Å². The number of allylic oxidation sites excluding steroid dienone is 2. The van der Waals surface area contributed by atoms with E-state index in [0.29, 0.717) is 11.8 Å². The summed E-state index contributed by atoms with van der Waals surface area (Å²) < 4.78 is 13.5. The third kappa shape index (κ3) is 4.99. The van der Waals surface area contributed by atoms with Gasteiger partial charge in [-0.3, -0.25) is 0 Å². The van der Waals surface area contributed by atoms with Gasteiger partial charge in [0.25, 0.3) is 0 Å². The summed E-state index contributed by atoms with van der Waals surface area (Å²) >= 11 is 0. The number of hydrogen-bond acceptors (Lipinski definition) is 2. The van der Waals surface area contributed by atoms with Gasteiger partial charge in [-0.15, -0.1) is 6.58 Å². The first-order valence-electron chi connectivity index (χ1n) is 11.5. The van der Waals surface area contributed by atoms with Gasteiger partial charge in [0.1, 0.15) is 17.1 Å².